The zero-order valence-electron chi connectivity index (χ0n) is 14.3. The lowest BCUT2D eigenvalue weighted by Crippen LogP contribution is -2.16. The summed E-state index contributed by atoms with van der Waals surface area (Å²) in [6.07, 6.45) is 1.22. The molecule has 7 nitrogen and oxygen atoms in total. The van der Waals surface area contributed by atoms with E-state index in [4.69, 9.17) is 10.5 Å². The first kappa shape index (κ1) is 18.5. The van der Waals surface area contributed by atoms with Gasteiger partial charge in [0.2, 0.25) is 0 Å². The summed E-state index contributed by atoms with van der Waals surface area (Å²) in [5, 5.41) is 10.0. The molecular formula is C18H16FN5O2S. The third-order valence-electron chi connectivity index (χ3n) is 3.75. The molecule has 0 spiro atoms. The topological polar surface area (TPSA) is 122 Å². The fourth-order valence-electron chi connectivity index (χ4n) is 2.32. The van der Waals surface area contributed by atoms with E-state index in [2.05, 4.69) is 15.5 Å². The molecule has 0 saturated heterocycles. The van der Waals surface area contributed by atoms with Gasteiger partial charge in [0, 0.05) is 6.26 Å². The van der Waals surface area contributed by atoms with E-state index < -0.39 is 15.6 Å². The van der Waals surface area contributed by atoms with Crippen molar-refractivity contribution in [2.45, 2.75) is 5.03 Å². The van der Waals surface area contributed by atoms with E-state index in [1.54, 1.807) is 30.3 Å². The van der Waals surface area contributed by atoms with Crippen molar-refractivity contribution in [3.05, 3.63) is 66.1 Å². The van der Waals surface area contributed by atoms with Crippen LogP contribution in [0.5, 0.6) is 0 Å². The lowest BCUT2D eigenvalue weighted by molar-refractivity contribution is 0.102. The number of carbonyl (C=O) groups excluding carboxylic acids is 1. The molecule has 0 saturated carbocycles. The molecule has 1 unspecified atom stereocenters. The summed E-state index contributed by atoms with van der Waals surface area (Å²) in [5.74, 6) is -0.891. The highest BCUT2D eigenvalue weighted by molar-refractivity contribution is 7.91. The number of anilines is 2. The highest BCUT2D eigenvalue weighted by Gasteiger charge is 2.13. The molecule has 0 aliphatic rings. The predicted octanol–water partition coefficient (Wildman–Crippen LogP) is 3.15. The monoisotopic (exact) mass is 385 g/mol. The number of nitrogens with one attached hydrogen (secondary N) is 2. The van der Waals surface area contributed by atoms with Gasteiger partial charge in [0.15, 0.2) is 10.7 Å². The van der Waals surface area contributed by atoms with E-state index in [0.717, 1.165) is 11.1 Å². The molecule has 4 N–H and O–H groups in total. The minimum absolute atomic E-state index is 0.00290. The Morgan fingerprint density at radius 3 is 2.33 bits per heavy atom. The first-order valence-corrected chi connectivity index (χ1v) is 9.75. The zero-order chi connectivity index (χ0) is 19.6. The van der Waals surface area contributed by atoms with Crippen molar-refractivity contribution in [3.8, 4) is 11.1 Å². The SMILES string of the molecule is CS(=N)(=O)c1ccc(C(=O)Nc2cc(-c3ccc(F)cc3)ccc2N)nn1. The standard InChI is InChI=1S/C18H16FN5O2S/c1-27(21,26)17-9-8-15(23-24-17)18(25)22-16-10-12(4-7-14(16)20)11-2-5-13(19)6-3-11/h2-10,21H,20H2,1H3,(H,22,25). The number of benzene rings is 2. The summed E-state index contributed by atoms with van der Waals surface area (Å²) in [7, 11) is -3.00. The van der Waals surface area contributed by atoms with E-state index in [1.165, 1.54) is 30.5 Å². The summed E-state index contributed by atoms with van der Waals surface area (Å²) in [6.45, 7) is 0. The van der Waals surface area contributed by atoms with Crippen LogP contribution >= 0.6 is 0 Å². The van der Waals surface area contributed by atoms with E-state index in [0.29, 0.717) is 11.4 Å². The number of nitrogen functional groups attached to an aromatic ring is 1. The molecule has 1 aromatic heterocycles. The van der Waals surface area contributed by atoms with Gasteiger partial charge in [0.1, 0.15) is 5.82 Å². The van der Waals surface area contributed by atoms with Crippen molar-refractivity contribution in [1.82, 2.24) is 10.2 Å². The van der Waals surface area contributed by atoms with Crippen LogP contribution in [-0.4, -0.2) is 26.6 Å². The molecule has 0 aliphatic heterocycles. The number of nitrogens with zero attached hydrogens (tertiary/aromatic N) is 2. The molecular weight excluding hydrogens is 369 g/mol. The minimum atomic E-state index is -3.00. The van der Waals surface area contributed by atoms with Crippen LogP contribution in [0.4, 0.5) is 15.8 Å². The maximum Gasteiger partial charge on any atom is 0.276 e. The van der Waals surface area contributed by atoms with Gasteiger partial charge in [0.25, 0.3) is 5.91 Å². The van der Waals surface area contributed by atoms with Crippen LogP contribution in [0.3, 0.4) is 0 Å². The van der Waals surface area contributed by atoms with Gasteiger partial charge in [-0.25, -0.2) is 13.4 Å². The molecule has 0 fully saturated rings. The smallest absolute Gasteiger partial charge is 0.276 e. The number of hydrogen-bond acceptors (Lipinski definition) is 6. The number of nitrogens with two attached hydrogens (primary N) is 1. The van der Waals surface area contributed by atoms with Crippen LogP contribution in [0.2, 0.25) is 0 Å². The van der Waals surface area contributed by atoms with Crippen molar-refractivity contribution in [1.29, 1.82) is 4.78 Å². The average Bonchev–Trinajstić information content (AvgIpc) is 2.63. The van der Waals surface area contributed by atoms with E-state index in [9.17, 15) is 13.4 Å². The van der Waals surface area contributed by atoms with Crippen molar-refractivity contribution in [2.75, 3.05) is 17.3 Å². The van der Waals surface area contributed by atoms with E-state index >= 15 is 0 Å². The van der Waals surface area contributed by atoms with Gasteiger partial charge in [-0.05, 0) is 47.5 Å². The lowest BCUT2D eigenvalue weighted by Gasteiger charge is -2.10. The van der Waals surface area contributed by atoms with Gasteiger partial charge in [-0.1, -0.05) is 18.2 Å². The second kappa shape index (κ2) is 7.12. The van der Waals surface area contributed by atoms with Crippen LogP contribution in [0, 0.1) is 10.6 Å². The Labute approximate surface area is 155 Å². The van der Waals surface area contributed by atoms with Crippen molar-refractivity contribution >= 4 is 27.0 Å². The third-order valence-corrected chi connectivity index (χ3v) is 4.77. The van der Waals surface area contributed by atoms with Gasteiger partial charge in [-0.3, -0.25) is 4.79 Å². The van der Waals surface area contributed by atoms with Crippen molar-refractivity contribution in [2.24, 2.45) is 0 Å². The van der Waals surface area contributed by atoms with Crippen molar-refractivity contribution < 1.29 is 13.4 Å². The van der Waals surface area contributed by atoms with Crippen LogP contribution in [0.15, 0.2) is 59.6 Å². The quantitative estimate of drug-likeness (QED) is 0.596. The van der Waals surface area contributed by atoms with Crippen LogP contribution in [0.25, 0.3) is 11.1 Å². The molecule has 1 amide bonds. The van der Waals surface area contributed by atoms with Crippen molar-refractivity contribution in [3.63, 3.8) is 0 Å². The molecule has 0 aliphatic carbocycles. The predicted molar refractivity (Wildman–Crippen MR) is 101 cm³/mol. The molecule has 0 bridgehead atoms. The Kier molecular flexibility index (Phi) is 4.87. The summed E-state index contributed by atoms with van der Waals surface area (Å²) >= 11 is 0. The van der Waals surface area contributed by atoms with Crippen LogP contribution in [-0.2, 0) is 9.73 Å². The first-order chi connectivity index (χ1) is 12.7. The number of carbonyl (C=O) groups is 1. The zero-order valence-corrected chi connectivity index (χ0v) is 15.1. The van der Waals surface area contributed by atoms with Gasteiger partial charge in [-0.15, -0.1) is 10.2 Å². The Balaban J connectivity index is 1.85. The number of aromatic nitrogens is 2. The van der Waals surface area contributed by atoms with Gasteiger partial charge in [-0.2, -0.15) is 0 Å². The molecule has 0 radical (unpaired) electrons. The Hall–Kier alpha value is -3.33. The van der Waals surface area contributed by atoms with Crippen LogP contribution in [0.1, 0.15) is 10.5 Å². The van der Waals surface area contributed by atoms with E-state index in [-0.39, 0.29) is 16.5 Å². The Bertz CT molecular complexity index is 1100. The average molecular weight is 385 g/mol. The Morgan fingerprint density at radius 1 is 1.07 bits per heavy atom. The first-order valence-electron chi connectivity index (χ1n) is 7.78. The molecule has 3 aromatic rings. The fourth-order valence-corrected chi connectivity index (χ4v) is 2.85. The minimum Gasteiger partial charge on any atom is -0.397 e. The second-order valence-corrected chi connectivity index (χ2v) is 7.97. The summed E-state index contributed by atoms with van der Waals surface area (Å²) in [4.78, 5) is 12.4. The highest BCUT2D eigenvalue weighted by Crippen LogP contribution is 2.27. The largest absolute Gasteiger partial charge is 0.397 e. The third kappa shape index (κ3) is 4.26. The molecule has 9 heteroatoms. The highest BCUT2D eigenvalue weighted by atomic mass is 32.2. The number of amides is 1. The summed E-state index contributed by atoms with van der Waals surface area (Å²) in [5.41, 5.74) is 8.16. The maximum absolute atomic E-state index is 13.1. The van der Waals surface area contributed by atoms with Gasteiger partial charge < -0.3 is 11.1 Å². The molecule has 2 aromatic carbocycles. The van der Waals surface area contributed by atoms with Gasteiger partial charge in [0.05, 0.1) is 21.1 Å². The Morgan fingerprint density at radius 2 is 1.74 bits per heavy atom. The normalized spacial score (nSPS) is 13.0. The summed E-state index contributed by atoms with van der Waals surface area (Å²) in [6, 6.07) is 13.7. The molecule has 1 heterocycles. The summed E-state index contributed by atoms with van der Waals surface area (Å²) < 4.78 is 32.2. The lowest BCUT2D eigenvalue weighted by atomic mass is 10.0. The molecule has 138 valence electrons. The number of rotatable bonds is 4. The maximum atomic E-state index is 13.1. The number of halogens is 1. The molecule has 1 atom stereocenters. The fraction of sp³-hybridized carbons (Fsp3) is 0.0556. The number of hydrogen-bond donors (Lipinski definition) is 3. The van der Waals surface area contributed by atoms with Gasteiger partial charge >= 0.3 is 0 Å². The van der Waals surface area contributed by atoms with Crippen LogP contribution < -0.4 is 11.1 Å². The molecule has 3 rings (SSSR count). The molecule has 27 heavy (non-hydrogen) atoms. The van der Waals surface area contributed by atoms with E-state index in [1.807, 2.05) is 0 Å². The second-order valence-electron chi connectivity index (χ2n) is 5.86.